The number of carboxylic acid groups (broad SMARTS) is 1. The van der Waals surface area contributed by atoms with Crippen LogP contribution in [0.1, 0.15) is 60.6 Å². The minimum absolute atomic E-state index is 0.220. The minimum atomic E-state index is -1.05. The molecule has 3 aromatic rings. The minimum Gasteiger partial charge on any atom is -0.465 e. The average molecular weight is 573 g/mol. The quantitative estimate of drug-likeness (QED) is 0.379. The van der Waals surface area contributed by atoms with Crippen LogP contribution in [0.5, 0.6) is 0 Å². The van der Waals surface area contributed by atoms with Crippen LogP contribution in [-0.4, -0.2) is 86.1 Å². The van der Waals surface area contributed by atoms with Crippen molar-refractivity contribution in [2.45, 2.75) is 62.6 Å². The monoisotopic (exact) mass is 572 g/mol. The molecule has 9 heteroatoms. The molecule has 3 aliphatic rings. The number of aliphatic hydroxyl groups is 1. The van der Waals surface area contributed by atoms with E-state index in [1.807, 2.05) is 65.2 Å². The number of amides is 2. The zero-order valence-electron chi connectivity index (χ0n) is 24.0. The van der Waals surface area contributed by atoms with Gasteiger partial charge < -0.3 is 29.3 Å². The van der Waals surface area contributed by atoms with Gasteiger partial charge in [0, 0.05) is 31.8 Å². The highest BCUT2D eigenvalue weighted by molar-refractivity contribution is 5.98. The maximum Gasteiger partial charge on any atom is 0.407 e. The van der Waals surface area contributed by atoms with Crippen LogP contribution in [0.3, 0.4) is 0 Å². The lowest BCUT2D eigenvalue weighted by Gasteiger charge is -2.41. The number of piperazine rings is 1. The summed E-state index contributed by atoms with van der Waals surface area (Å²) < 4.78 is 8.04. The summed E-state index contributed by atoms with van der Waals surface area (Å²) in [7, 11) is 0. The van der Waals surface area contributed by atoms with Crippen LogP contribution in [-0.2, 0) is 11.2 Å². The summed E-state index contributed by atoms with van der Waals surface area (Å²) in [6, 6.07) is 19.0. The Hall–Kier alpha value is -3.69. The highest BCUT2D eigenvalue weighted by atomic mass is 16.5. The Morgan fingerprint density at radius 2 is 1.71 bits per heavy atom. The molecule has 3 atom stereocenters. The number of hydrogen-bond acceptors (Lipinski definition) is 5. The van der Waals surface area contributed by atoms with E-state index >= 15 is 0 Å². The van der Waals surface area contributed by atoms with Gasteiger partial charge in [-0.25, -0.2) is 9.78 Å². The van der Waals surface area contributed by atoms with Gasteiger partial charge >= 0.3 is 6.09 Å². The van der Waals surface area contributed by atoms with Gasteiger partial charge in [0.05, 0.1) is 30.7 Å². The van der Waals surface area contributed by atoms with E-state index in [2.05, 4.69) is 0 Å². The molecule has 6 rings (SSSR count). The van der Waals surface area contributed by atoms with Gasteiger partial charge in [-0.15, -0.1) is 0 Å². The first-order valence-electron chi connectivity index (χ1n) is 15.2. The van der Waals surface area contributed by atoms with Crippen LogP contribution in [0.15, 0.2) is 67.0 Å². The van der Waals surface area contributed by atoms with E-state index in [1.54, 1.807) is 11.2 Å². The van der Waals surface area contributed by atoms with Crippen LogP contribution >= 0.6 is 0 Å². The van der Waals surface area contributed by atoms with E-state index in [1.165, 1.54) is 17.7 Å². The maximum atomic E-state index is 14.4. The van der Waals surface area contributed by atoms with Gasteiger partial charge in [0.1, 0.15) is 5.60 Å². The SMILES string of the molecule is O=C(O)N1CCN(C(=O)c2ncn(C3CCCCC3(O)COCC3CC3)c2-c2ccccc2)[C@H](Cc2ccccc2)C1. The Morgan fingerprint density at radius 1 is 0.976 bits per heavy atom. The lowest BCUT2D eigenvalue weighted by atomic mass is 9.80. The summed E-state index contributed by atoms with van der Waals surface area (Å²) in [5.41, 5.74) is 1.86. The Balaban J connectivity index is 1.34. The lowest BCUT2D eigenvalue weighted by molar-refractivity contribution is -0.101. The molecule has 1 saturated heterocycles. The van der Waals surface area contributed by atoms with E-state index < -0.39 is 11.7 Å². The summed E-state index contributed by atoms with van der Waals surface area (Å²) >= 11 is 0. The number of aromatic nitrogens is 2. The standard InChI is InChI=1S/C33H40N4O5/c38-31(36-18-17-35(32(39)40)20-27(36)19-24-9-3-1-4-10-24)29-30(26-11-5-2-6-12-26)37(23-34-29)28-13-7-8-16-33(28,41)22-42-21-25-14-15-25/h1-6,9-12,23,25,27-28,41H,7-8,13-22H2,(H,39,40)/t27-,28?,33?/m1/s1. The first-order chi connectivity index (χ1) is 20.4. The van der Waals surface area contributed by atoms with Crippen molar-refractivity contribution >= 4 is 12.0 Å². The highest BCUT2D eigenvalue weighted by Gasteiger charge is 2.43. The average Bonchev–Trinajstić information content (AvgIpc) is 3.73. The number of imidazole rings is 1. The van der Waals surface area contributed by atoms with Crippen molar-refractivity contribution in [2.24, 2.45) is 5.92 Å². The maximum absolute atomic E-state index is 14.4. The van der Waals surface area contributed by atoms with Crippen molar-refractivity contribution in [3.05, 3.63) is 78.2 Å². The number of ether oxygens (including phenoxy) is 1. The molecule has 2 aromatic carbocycles. The first-order valence-corrected chi connectivity index (χ1v) is 15.2. The number of hydrogen-bond donors (Lipinski definition) is 2. The fourth-order valence-corrected chi connectivity index (χ4v) is 6.59. The Kier molecular flexibility index (Phi) is 8.31. The van der Waals surface area contributed by atoms with E-state index in [9.17, 15) is 19.8 Å². The second kappa shape index (κ2) is 12.3. The van der Waals surface area contributed by atoms with Gasteiger partial charge in [-0.2, -0.15) is 0 Å². The molecule has 0 bridgehead atoms. The molecule has 2 N–H and O–H groups in total. The fraction of sp³-hybridized carbons (Fsp3) is 0.485. The predicted molar refractivity (Wildman–Crippen MR) is 158 cm³/mol. The molecule has 2 unspecified atom stereocenters. The molecule has 3 fully saturated rings. The third-order valence-electron chi connectivity index (χ3n) is 9.07. The molecule has 42 heavy (non-hydrogen) atoms. The van der Waals surface area contributed by atoms with Crippen LogP contribution in [0.25, 0.3) is 11.3 Å². The number of carbonyl (C=O) groups excluding carboxylic acids is 1. The normalized spacial score (nSPS) is 24.5. The molecule has 2 saturated carbocycles. The number of carbonyl (C=O) groups is 2. The molecule has 2 amide bonds. The van der Waals surface area contributed by atoms with Crippen LogP contribution in [0, 0.1) is 5.92 Å². The summed E-state index contributed by atoms with van der Waals surface area (Å²) in [6.45, 7) is 1.71. The summed E-state index contributed by atoms with van der Waals surface area (Å²) in [4.78, 5) is 34.1. The molecule has 2 heterocycles. The summed E-state index contributed by atoms with van der Waals surface area (Å²) in [6.07, 6.45) is 6.95. The molecule has 1 aliphatic heterocycles. The van der Waals surface area contributed by atoms with Gasteiger partial charge in [-0.1, -0.05) is 73.5 Å². The second-order valence-corrected chi connectivity index (χ2v) is 12.1. The third kappa shape index (κ3) is 6.08. The number of nitrogens with zero attached hydrogens (tertiary/aromatic N) is 4. The van der Waals surface area contributed by atoms with E-state index in [0.29, 0.717) is 36.8 Å². The molecule has 222 valence electrons. The molecule has 1 aromatic heterocycles. The second-order valence-electron chi connectivity index (χ2n) is 12.1. The Bertz CT molecular complexity index is 1380. The predicted octanol–water partition coefficient (Wildman–Crippen LogP) is 4.87. The van der Waals surface area contributed by atoms with Gasteiger partial charge in [0.15, 0.2) is 5.69 Å². The zero-order chi connectivity index (χ0) is 29.1. The third-order valence-corrected chi connectivity index (χ3v) is 9.07. The van der Waals surface area contributed by atoms with Crippen molar-refractivity contribution in [3.8, 4) is 11.3 Å². The topological polar surface area (TPSA) is 108 Å². The molecule has 2 aliphatic carbocycles. The van der Waals surface area contributed by atoms with Gasteiger partial charge in [0.2, 0.25) is 0 Å². The Labute approximate surface area is 246 Å². The van der Waals surface area contributed by atoms with Crippen molar-refractivity contribution in [1.29, 1.82) is 0 Å². The molecule has 0 spiro atoms. The Morgan fingerprint density at radius 3 is 2.43 bits per heavy atom. The van der Waals surface area contributed by atoms with Crippen molar-refractivity contribution in [2.75, 3.05) is 32.8 Å². The highest BCUT2D eigenvalue weighted by Crippen LogP contribution is 2.41. The summed E-state index contributed by atoms with van der Waals surface area (Å²) in [5, 5.41) is 21.7. The van der Waals surface area contributed by atoms with Gasteiger partial charge in [0.25, 0.3) is 5.91 Å². The summed E-state index contributed by atoms with van der Waals surface area (Å²) in [5.74, 6) is 0.390. The number of rotatable bonds is 9. The molecule has 9 nitrogen and oxygen atoms in total. The van der Waals surface area contributed by atoms with Crippen molar-refractivity contribution < 1.29 is 24.5 Å². The zero-order valence-corrected chi connectivity index (χ0v) is 24.0. The van der Waals surface area contributed by atoms with Crippen molar-refractivity contribution in [1.82, 2.24) is 19.4 Å². The van der Waals surface area contributed by atoms with E-state index in [-0.39, 0.29) is 44.2 Å². The van der Waals surface area contributed by atoms with Crippen LogP contribution in [0.4, 0.5) is 4.79 Å². The largest absolute Gasteiger partial charge is 0.465 e. The fourth-order valence-electron chi connectivity index (χ4n) is 6.59. The number of benzene rings is 2. The molecule has 0 radical (unpaired) electrons. The van der Waals surface area contributed by atoms with E-state index in [0.717, 1.165) is 30.4 Å². The van der Waals surface area contributed by atoms with E-state index in [4.69, 9.17) is 9.72 Å². The van der Waals surface area contributed by atoms with Crippen molar-refractivity contribution in [3.63, 3.8) is 0 Å². The van der Waals surface area contributed by atoms with Gasteiger partial charge in [-0.3, -0.25) is 4.79 Å². The lowest BCUT2D eigenvalue weighted by Crippen LogP contribution is -2.57. The molecular formula is C33H40N4O5. The van der Waals surface area contributed by atoms with Crippen LogP contribution in [0.2, 0.25) is 0 Å². The smallest absolute Gasteiger partial charge is 0.407 e. The first kappa shape index (κ1) is 28.4. The molecular weight excluding hydrogens is 532 g/mol. The van der Waals surface area contributed by atoms with Crippen LogP contribution < -0.4 is 0 Å². The van der Waals surface area contributed by atoms with Gasteiger partial charge in [-0.05, 0) is 43.6 Å².